The molecule has 0 aromatic heterocycles. The number of rotatable bonds is 3. The number of nitrogens with two attached hydrogens (primary N) is 1. The Morgan fingerprint density at radius 1 is 1.10 bits per heavy atom. The summed E-state index contributed by atoms with van der Waals surface area (Å²) in [5, 5.41) is 3.28. The number of carbonyl (C=O) groups is 1. The molecular formula is C16H28N2OS. The van der Waals surface area contributed by atoms with Crippen LogP contribution in [0.2, 0.25) is 0 Å². The number of thiocarbonyl (C=S) groups is 1. The molecule has 0 heterocycles. The molecule has 1 amide bonds. The standard InChI is InChI=1S/C16H28N2OS/c1-12-8-4-5-9-13(12)18-15(19)16(14(17)20)10-6-2-3-7-11-16/h12-13H,2-11H2,1H3,(H2,17,20)(H,18,19). The van der Waals surface area contributed by atoms with E-state index < -0.39 is 5.41 Å². The van der Waals surface area contributed by atoms with Gasteiger partial charge in [-0.25, -0.2) is 0 Å². The molecule has 3 N–H and O–H groups in total. The van der Waals surface area contributed by atoms with Gasteiger partial charge in [-0.05, 0) is 31.6 Å². The highest BCUT2D eigenvalue weighted by Crippen LogP contribution is 2.36. The van der Waals surface area contributed by atoms with Gasteiger partial charge in [-0.2, -0.15) is 0 Å². The molecule has 2 aliphatic rings. The molecule has 114 valence electrons. The molecule has 3 nitrogen and oxygen atoms in total. The van der Waals surface area contributed by atoms with Crippen molar-refractivity contribution in [2.24, 2.45) is 17.1 Å². The molecule has 2 atom stereocenters. The third kappa shape index (κ3) is 3.33. The minimum Gasteiger partial charge on any atom is -0.392 e. The Bertz CT molecular complexity index is 361. The first-order chi connectivity index (χ1) is 9.56. The van der Waals surface area contributed by atoms with Crippen molar-refractivity contribution in [1.82, 2.24) is 5.32 Å². The summed E-state index contributed by atoms with van der Waals surface area (Å²) >= 11 is 5.28. The second kappa shape index (κ2) is 6.88. The Morgan fingerprint density at radius 3 is 2.25 bits per heavy atom. The van der Waals surface area contributed by atoms with Crippen LogP contribution in [0, 0.1) is 11.3 Å². The quantitative estimate of drug-likeness (QED) is 0.620. The van der Waals surface area contributed by atoms with Crippen LogP contribution in [-0.4, -0.2) is 16.9 Å². The van der Waals surface area contributed by atoms with Gasteiger partial charge in [-0.1, -0.05) is 57.7 Å². The minimum absolute atomic E-state index is 0.102. The van der Waals surface area contributed by atoms with Crippen LogP contribution in [0.3, 0.4) is 0 Å². The first kappa shape index (κ1) is 15.7. The Balaban J connectivity index is 2.08. The Morgan fingerprint density at radius 2 is 1.70 bits per heavy atom. The topological polar surface area (TPSA) is 55.1 Å². The highest BCUT2D eigenvalue weighted by Gasteiger charge is 2.42. The molecule has 20 heavy (non-hydrogen) atoms. The summed E-state index contributed by atoms with van der Waals surface area (Å²) < 4.78 is 0. The summed E-state index contributed by atoms with van der Waals surface area (Å²) in [5.41, 5.74) is 5.40. The maximum absolute atomic E-state index is 12.8. The van der Waals surface area contributed by atoms with Crippen molar-refractivity contribution in [3.8, 4) is 0 Å². The van der Waals surface area contributed by atoms with Gasteiger partial charge >= 0.3 is 0 Å². The number of carbonyl (C=O) groups excluding carboxylic acids is 1. The van der Waals surface area contributed by atoms with E-state index in [2.05, 4.69) is 12.2 Å². The molecule has 0 aromatic rings. The summed E-state index contributed by atoms with van der Waals surface area (Å²) in [6, 6.07) is 0.311. The monoisotopic (exact) mass is 296 g/mol. The summed E-state index contributed by atoms with van der Waals surface area (Å²) in [5.74, 6) is 0.674. The zero-order valence-electron chi connectivity index (χ0n) is 12.6. The second-order valence-electron chi connectivity index (χ2n) is 6.70. The van der Waals surface area contributed by atoms with Gasteiger partial charge in [-0.3, -0.25) is 4.79 Å². The molecule has 0 bridgehead atoms. The van der Waals surface area contributed by atoms with Gasteiger partial charge in [0.15, 0.2) is 0 Å². The van der Waals surface area contributed by atoms with E-state index >= 15 is 0 Å². The summed E-state index contributed by atoms with van der Waals surface area (Å²) in [4.78, 5) is 13.3. The van der Waals surface area contributed by atoms with Gasteiger partial charge in [0.1, 0.15) is 0 Å². The van der Waals surface area contributed by atoms with E-state index in [1.54, 1.807) is 0 Å². The fourth-order valence-electron chi connectivity index (χ4n) is 3.75. The lowest BCUT2D eigenvalue weighted by Crippen LogP contribution is -2.53. The zero-order chi connectivity index (χ0) is 14.6. The number of hydrogen-bond acceptors (Lipinski definition) is 2. The first-order valence-corrected chi connectivity index (χ1v) is 8.58. The number of nitrogens with one attached hydrogen (secondary N) is 1. The lowest BCUT2D eigenvalue weighted by atomic mass is 9.78. The van der Waals surface area contributed by atoms with Crippen LogP contribution >= 0.6 is 12.2 Å². The van der Waals surface area contributed by atoms with Gasteiger partial charge in [0.2, 0.25) is 5.91 Å². The van der Waals surface area contributed by atoms with Gasteiger partial charge < -0.3 is 11.1 Å². The molecule has 4 heteroatoms. The van der Waals surface area contributed by atoms with Crippen LogP contribution in [0.4, 0.5) is 0 Å². The molecule has 2 aliphatic carbocycles. The summed E-state index contributed by atoms with van der Waals surface area (Å²) in [7, 11) is 0. The van der Waals surface area contributed by atoms with Crippen LogP contribution in [0.1, 0.15) is 71.1 Å². The largest absolute Gasteiger partial charge is 0.392 e. The van der Waals surface area contributed by atoms with Crippen molar-refractivity contribution in [2.75, 3.05) is 0 Å². The predicted molar refractivity (Wildman–Crippen MR) is 86.5 cm³/mol. The Hall–Kier alpha value is -0.640. The predicted octanol–water partition coefficient (Wildman–Crippen LogP) is 3.31. The average Bonchev–Trinajstić information content (AvgIpc) is 2.68. The molecule has 0 aliphatic heterocycles. The van der Waals surface area contributed by atoms with Crippen molar-refractivity contribution >= 4 is 23.1 Å². The number of amides is 1. The third-order valence-electron chi connectivity index (χ3n) is 5.29. The maximum atomic E-state index is 12.8. The zero-order valence-corrected chi connectivity index (χ0v) is 13.4. The van der Waals surface area contributed by atoms with E-state index in [-0.39, 0.29) is 5.91 Å². The van der Waals surface area contributed by atoms with Crippen molar-refractivity contribution in [1.29, 1.82) is 0 Å². The highest BCUT2D eigenvalue weighted by atomic mass is 32.1. The number of hydrogen-bond donors (Lipinski definition) is 2. The van der Waals surface area contributed by atoms with E-state index in [0.717, 1.165) is 32.1 Å². The maximum Gasteiger partial charge on any atom is 0.233 e. The molecule has 0 aromatic carbocycles. The van der Waals surface area contributed by atoms with E-state index in [4.69, 9.17) is 18.0 Å². The van der Waals surface area contributed by atoms with Crippen LogP contribution in [0.15, 0.2) is 0 Å². The molecule has 0 radical (unpaired) electrons. The molecule has 2 fully saturated rings. The van der Waals surface area contributed by atoms with E-state index in [1.807, 2.05) is 0 Å². The van der Waals surface area contributed by atoms with Crippen molar-refractivity contribution in [3.05, 3.63) is 0 Å². The van der Waals surface area contributed by atoms with E-state index in [9.17, 15) is 4.79 Å². The van der Waals surface area contributed by atoms with Crippen LogP contribution in [0.5, 0.6) is 0 Å². The highest BCUT2D eigenvalue weighted by molar-refractivity contribution is 7.80. The van der Waals surface area contributed by atoms with Gasteiger partial charge in [-0.15, -0.1) is 0 Å². The minimum atomic E-state index is -0.580. The molecule has 2 saturated carbocycles. The Labute approximate surface area is 128 Å². The smallest absolute Gasteiger partial charge is 0.233 e. The van der Waals surface area contributed by atoms with Crippen molar-refractivity contribution < 1.29 is 4.79 Å². The lowest BCUT2D eigenvalue weighted by Gasteiger charge is -2.35. The van der Waals surface area contributed by atoms with E-state index in [0.29, 0.717) is 16.9 Å². The molecular weight excluding hydrogens is 268 g/mol. The fraction of sp³-hybridized carbons (Fsp3) is 0.875. The van der Waals surface area contributed by atoms with E-state index in [1.165, 1.54) is 32.1 Å². The van der Waals surface area contributed by atoms with Crippen molar-refractivity contribution in [2.45, 2.75) is 77.2 Å². The first-order valence-electron chi connectivity index (χ1n) is 8.17. The fourth-order valence-corrected chi connectivity index (χ4v) is 4.05. The Kier molecular flexibility index (Phi) is 5.42. The molecule has 2 unspecified atom stereocenters. The second-order valence-corrected chi connectivity index (χ2v) is 7.14. The van der Waals surface area contributed by atoms with Crippen LogP contribution in [-0.2, 0) is 4.79 Å². The molecule has 2 rings (SSSR count). The molecule has 0 saturated heterocycles. The third-order valence-corrected chi connectivity index (χ3v) is 5.68. The van der Waals surface area contributed by atoms with Gasteiger partial charge in [0, 0.05) is 6.04 Å². The summed E-state index contributed by atoms with van der Waals surface area (Å²) in [6.07, 6.45) is 11.0. The van der Waals surface area contributed by atoms with Crippen LogP contribution < -0.4 is 11.1 Å². The van der Waals surface area contributed by atoms with Crippen molar-refractivity contribution in [3.63, 3.8) is 0 Å². The van der Waals surface area contributed by atoms with Gasteiger partial charge in [0.05, 0.1) is 10.4 Å². The normalized spacial score (nSPS) is 30.2. The van der Waals surface area contributed by atoms with Crippen LogP contribution in [0.25, 0.3) is 0 Å². The summed E-state index contributed by atoms with van der Waals surface area (Å²) in [6.45, 7) is 2.24. The average molecular weight is 296 g/mol. The lowest BCUT2D eigenvalue weighted by molar-refractivity contribution is -0.129. The van der Waals surface area contributed by atoms with Gasteiger partial charge in [0.25, 0.3) is 0 Å². The molecule has 0 spiro atoms. The SMILES string of the molecule is CC1CCCCC1NC(=O)C1(C(N)=S)CCCCCC1.